The van der Waals surface area contributed by atoms with Crippen LogP contribution in [0.15, 0.2) is 0 Å². The standard InChI is InChI=1S/5CO.Ta/c5*1-2;. The fourth-order valence-corrected chi connectivity index (χ4v) is 0. The third kappa shape index (κ3) is 552. The van der Waals surface area contributed by atoms with Crippen LogP contribution in [0.1, 0.15) is 0 Å². The van der Waals surface area contributed by atoms with Crippen molar-refractivity contribution in [3.8, 4) is 0 Å². The Balaban J connectivity index is -0.00000000694. The van der Waals surface area contributed by atoms with Crippen molar-refractivity contribution < 1.29 is 46.4 Å². The van der Waals surface area contributed by atoms with Crippen molar-refractivity contribution in [2.75, 3.05) is 0 Å². The van der Waals surface area contributed by atoms with Gasteiger partial charge < -0.3 is 0 Å². The Morgan fingerprint density at radius 1 is 0.364 bits per heavy atom. The maximum atomic E-state index is 7.50. The molecule has 0 aliphatic rings. The van der Waals surface area contributed by atoms with Crippen LogP contribution < -0.4 is 0 Å². The zero-order valence-electron chi connectivity index (χ0n) is 4.99. The average molecular weight is 321 g/mol. The fourth-order valence-electron chi connectivity index (χ4n) is 0. The zero-order valence-corrected chi connectivity index (χ0v) is 8.20. The molecule has 0 rings (SSSR count). The minimum Gasteiger partial charge on any atom is -0.281 e. The topological polar surface area (TPSA) is 85.3 Å². The largest absolute Gasteiger partial charge is 0.281 e. The summed E-state index contributed by atoms with van der Waals surface area (Å²) in [7, 11) is 0. The maximum absolute atomic E-state index is 7.50. The minimum absolute atomic E-state index is 0. The van der Waals surface area contributed by atoms with Gasteiger partial charge in [-0.2, -0.15) is 0 Å². The summed E-state index contributed by atoms with van der Waals surface area (Å²) in [5.41, 5.74) is 0. The fraction of sp³-hybridized carbons (Fsp3) is 0. The normalized spacial score (nSPS) is 1.82. The van der Waals surface area contributed by atoms with E-state index in [-0.39, 0.29) is 22.4 Å². The number of hydrogen-bond acceptors (Lipinski definition) is 5. The van der Waals surface area contributed by atoms with Crippen molar-refractivity contribution in [1.82, 2.24) is 0 Å². The van der Waals surface area contributed by atoms with Crippen LogP contribution >= 0.6 is 0 Å². The molecular formula is C5O5Ta. The molecular weight excluding hydrogens is 321 g/mol. The predicted molar refractivity (Wildman–Crippen MR) is 28.5 cm³/mol. The van der Waals surface area contributed by atoms with Gasteiger partial charge in [0.05, 0.1) is 0 Å². The summed E-state index contributed by atoms with van der Waals surface area (Å²) in [6.07, 6.45) is 0. The molecule has 0 amide bonds. The van der Waals surface area contributed by atoms with Crippen LogP contribution in [-0.2, 0) is 46.4 Å². The molecule has 5 nitrogen and oxygen atoms in total. The first kappa shape index (κ1) is 49.8. The Kier molecular flexibility index (Phi) is 3260. The van der Waals surface area contributed by atoms with Crippen molar-refractivity contribution in [3.63, 3.8) is 0 Å². The molecule has 55 valence electrons. The van der Waals surface area contributed by atoms with E-state index in [0.717, 1.165) is 0 Å². The molecule has 0 aromatic rings. The van der Waals surface area contributed by atoms with Gasteiger partial charge in [0, 0.05) is 22.4 Å². The van der Waals surface area contributed by atoms with E-state index >= 15 is 0 Å². The van der Waals surface area contributed by atoms with Crippen LogP contribution in [-0.4, -0.2) is 33.9 Å². The molecule has 0 heterocycles. The Morgan fingerprint density at radius 3 is 0.364 bits per heavy atom. The Morgan fingerprint density at radius 2 is 0.364 bits per heavy atom. The van der Waals surface area contributed by atoms with E-state index in [2.05, 4.69) is 33.9 Å². The van der Waals surface area contributed by atoms with E-state index in [9.17, 15) is 0 Å². The second-order valence-corrected chi connectivity index (χ2v) is 0. The van der Waals surface area contributed by atoms with E-state index in [1.807, 2.05) is 0 Å². The minimum atomic E-state index is 0. The summed E-state index contributed by atoms with van der Waals surface area (Å²) >= 11 is 0. The van der Waals surface area contributed by atoms with Crippen molar-refractivity contribution in [1.29, 1.82) is 0 Å². The van der Waals surface area contributed by atoms with Crippen molar-refractivity contribution in [2.24, 2.45) is 0 Å². The van der Waals surface area contributed by atoms with E-state index in [1.165, 1.54) is 0 Å². The van der Waals surface area contributed by atoms with Crippen LogP contribution in [0.5, 0.6) is 0 Å². The Bertz CT molecular complexity index is 26.4. The van der Waals surface area contributed by atoms with Gasteiger partial charge in [0.15, 0.2) is 0 Å². The van der Waals surface area contributed by atoms with E-state index < -0.39 is 0 Å². The monoisotopic (exact) mass is 321 g/mol. The molecule has 11 heavy (non-hydrogen) atoms. The van der Waals surface area contributed by atoms with E-state index in [1.54, 1.807) is 0 Å². The van der Waals surface area contributed by atoms with Gasteiger partial charge in [-0.1, -0.05) is 0 Å². The summed E-state index contributed by atoms with van der Waals surface area (Å²) < 4.78 is 0. The number of hydrogen-bond donors (Lipinski definition) is 0. The van der Waals surface area contributed by atoms with Crippen LogP contribution in [0.4, 0.5) is 0 Å². The molecule has 0 bridgehead atoms. The zero-order chi connectivity index (χ0) is 10.0. The molecule has 0 saturated carbocycles. The Hall–Kier alpha value is -0.910. The van der Waals surface area contributed by atoms with E-state index in [4.69, 9.17) is 24.0 Å². The third-order valence-corrected chi connectivity index (χ3v) is 0. The molecule has 0 aromatic heterocycles. The molecule has 0 saturated heterocycles. The first-order chi connectivity index (χ1) is 5.00. The second-order valence-electron chi connectivity index (χ2n) is 0. The van der Waals surface area contributed by atoms with Gasteiger partial charge in [-0.15, -0.1) is 0 Å². The van der Waals surface area contributed by atoms with Crippen LogP contribution in [0.25, 0.3) is 0 Å². The van der Waals surface area contributed by atoms with Gasteiger partial charge in [-0.3, -0.25) is 24.0 Å². The quantitative estimate of drug-likeness (QED) is 0.516. The van der Waals surface area contributed by atoms with Crippen LogP contribution in [0, 0.1) is 0 Å². The van der Waals surface area contributed by atoms with Gasteiger partial charge >= 0.3 is 0 Å². The van der Waals surface area contributed by atoms with Crippen LogP contribution in [0.3, 0.4) is 0 Å². The van der Waals surface area contributed by atoms with Crippen LogP contribution in [0.2, 0.25) is 0 Å². The molecule has 0 fully saturated rings. The summed E-state index contributed by atoms with van der Waals surface area (Å²) in [5.74, 6) is 0. The van der Waals surface area contributed by atoms with Crippen molar-refractivity contribution in [2.45, 2.75) is 0 Å². The summed E-state index contributed by atoms with van der Waals surface area (Å²) in [6, 6.07) is 0. The van der Waals surface area contributed by atoms with Crippen molar-refractivity contribution >= 4 is 33.9 Å². The first-order valence-corrected chi connectivity index (χ1v) is 1.02. The van der Waals surface area contributed by atoms with Gasteiger partial charge in [0.1, 0.15) is 0 Å². The maximum Gasteiger partial charge on any atom is 0.281 e. The van der Waals surface area contributed by atoms with Gasteiger partial charge in [-0.25, -0.2) is 0 Å². The number of rotatable bonds is 0. The SMILES string of the molecule is [C]=O.[C]=O.[C]=O.[C]=O.[C]=O.[Ta]. The first-order valence-electron chi connectivity index (χ1n) is 1.02. The predicted octanol–water partition coefficient (Wildman–Crippen LogP) is -1.99. The molecule has 0 spiro atoms. The van der Waals surface area contributed by atoms with Gasteiger partial charge in [-0.05, 0) is 0 Å². The summed E-state index contributed by atoms with van der Waals surface area (Å²) in [5, 5.41) is 0. The van der Waals surface area contributed by atoms with Crippen molar-refractivity contribution in [3.05, 3.63) is 0 Å². The molecule has 0 aromatic carbocycles. The Labute approximate surface area is 80.7 Å². The molecule has 6 heteroatoms. The summed E-state index contributed by atoms with van der Waals surface area (Å²) in [4.78, 5) is 37.5. The molecule has 0 aliphatic carbocycles. The van der Waals surface area contributed by atoms with Gasteiger partial charge in [0.25, 0.3) is 33.9 Å². The second kappa shape index (κ2) is 719. The molecule has 0 aliphatic heterocycles. The van der Waals surface area contributed by atoms with Gasteiger partial charge in [0.2, 0.25) is 0 Å². The molecule has 0 atom stereocenters. The smallest absolute Gasteiger partial charge is 0.281 e. The van der Waals surface area contributed by atoms with E-state index in [0.29, 0.717) is 0 Å². The average Bonchev–Trinajstić information content (AvgIpc) is 2.20. The molecule has 11 radical (unpaired) electrons. The number of carbonyl (C=O) groups excluding carboxylic acids is 5. The summed E-state index contributed by atoms with van der Waals surface area (Å²) in [6.45, 7) is 22.5. The molecule has 0 unspecified atom stereocenters. The molecule has 0 N–H and O–H groups in total. The third-order valence-electron chi connectivity index (χ3n) is 0.